The maximum atomic E-state index is 12.0. The van der Waals surface area contributed by atoms with Gasteiger partial charge in [0.15, 0.2) is 0 Å². The normalized spacial score (nSPS) is 17.0. The van der Waals surface area contributed by atoms with E-state index in [9.17, 15) is 4.79 Å². The molecule has 1 heterocycles. The van der Waals surface area contributed by atoms with E-state index >= 15 is 0 Å². The fourth-order valence-corrected chi connectivity index (χ4v) is 1.91. The van der Waals surface area contributed by atoms with Gasteiger partial charge in [-0.2, -0.15) is 0 Å². The van der Waals surface area contributed by atoms with Gasteiger partial charge in [-0.1, -0.05) is 12.1 Å². The number of hydrogen-bond donors (Lipinski definition) is 1. The third kappa shape index (κ3) is 2.38. The Morgan fingerprint density at radius 3 is 2.65 bits per heavy atom. The predicted molar refractivity (Wildman–Crippen MR) is 69.9 cm³/mol. The standard InChI is InChI=1S/C14H16N2O/c1-10(9-16(2)3)8-13-14(17)11-6-4-5-7-12(11)15-13/h4-9,15H,1-3H3/b10-9?,13-8-. The van der Waals surface area contributed by atoms with Gasteiger partial charge in [-0.05, 0) is 30.7 Å². The average molecular weight is 228 g/mol. The van der Waals surface area contributed by atoms with Crippen LogP contribution >= 0.6 is 0 Å². The molecule has 88 valence electrons. The van der Waals surface area contributed by atoms with Crippen LogP contribution in [0.1, 0.15) is 17.3 Å². The number of ketones is 1. The van der Waals surface area contributed by atoms with Gasteiger partial charge in [-0.25, -0.2) is 0 Å². The number of nitrogens with one attached hydrogen (secondary N) is 1. The first-order valence-corrected chi connectivity index (χ1v) is 5.55. The number of Topliss-reactive ketones (excluding diaryl/α,β-unsaturated/α-hetero) is 1. The van der Waals surface area contributed by atoms with Gasteiger partial charge in [0, 0.05) is 31.5 Å². The lowest BCUT2D eigenvalue weighted by atomic mass is 10.1. The highest BCUT2D eigenvalue weighted by Gasteiger charge is 2.23. The van der Waals surface area contributed by atoms with Gasteiger partial charge in [0.2, 0.25) is 5.78 Å². The monoisotopic (exact) mass is 228 g/mol. The molecule has 1 aliphatic heterocycles. The van der Waals surface area contributed by atoms with Gasteiger partial charge in [0.25, 0.3) is 0 Å². The van der Waals surface area contributed by atoms with Crippen molar-refractivity contribution in [2.24, 2.45) is 0 Å². The maximum Gasteiger partial charge on any atom is 0.211 e. The molecular formula is C14H16N2O. The zero-order chi connectivity index (χ0) is 12.4. The van der Waals surface area contributed by atoms with E-state index in [4.69, 9.17) is 0 Å². The number of carbonyl (C=O) groups is 1. The summed E-state index contributed by atoms with van der Waals surface area (Å²) < 4.78 is 0. The zero-order valence-corrected chi connectivity index (χ0v) is 10.3. The lowest BCUT2D eigenvalue weighted by molar-refractivity contribution is 0.104. The van der Waals surface area contributed by atoms with Crippen LogP contribution in [0.2, 0.25) is 0 Å². The summed E-state index contributed by atoms with van der Waals surface area (Å²) in [7, 11) is 3.92. The summed E-state index contributed by atoms with van der Waals surface area (Å²) in [6.45, 7) is 1.98. The van der Waals surface area contributed by atoms with Gasteiger partial charge in [0.05, 0.1) is 5.70 Å². The molecule has 1 aromatic carbocycles. The van der Waals surface area contributed by atoms with Crippen LogP contribution in [0.4, 0.5) is 5.69 Å². The van der Waals surface area contributed by atoms with Gasteiger partial charge in [0.1, 0.15) is 0 Å². The van der Waals surface area contributed by atoms with E-state index < -0.39 is 0 Å². The predicted octanol–water partition coefficient (Wildman–Crippen LogP) is 2.64. The molecule has 0 aromatic heterocycles. The Morgan fingerprint density at radius 2 is 2.00 bits per heavy atom. The second-order valence-electron chi connectivity index (χ2n) is 4.39. The van der Waals surface area contributed by atoms with Gasteiger partial charge in [-0.15, -0.1) is 0 Å². The molecular weight excluding hydrogens is 212 g/mol. The van der Waals surface area contributed by atoms with Crippen LogP contribution in [-0.2, 0) is 0 Å². The fraction of sp³-hybridized carbons (Fsp3) is 0.214. The van der Waals surface area contributed by atoms with E-state index in [1.54, 1.807) is 0 Å². The number of hydrogen-bond acceptors (Lipinski definition) is 3. The Morgan fingerprint density at radius 1 is 1.29 bits per heavy atom. The van der Waals surface area contributed by atoms with Crippen LogP contribution in [0, 0.1) is 0 Å². The van der Waals surface area contributed by atoms with Crippen molar-refractivity contribution in [3.8, 4) is 0 Å². The van der Waals surface area contributed by atoms with Crippen molar-refractivity contribution in [3.63, 3.8) is 0 Å². The summed E-state index contributed by atoms with van der Waals surface area (Å²) in [4.78, 5) is 14.0. The number of fused-ring (bicyclic) bond motifs is 1. The summed E-state index contributed by atoms with van der Waals surface area (Å²) >= 11 is 0. The zero-order valence-electron chi connectivity index (χ0n) is 10.3. The Bertz CT molecular complexity index is 513. The van der Waals surface area contributed by atoms with E-state index in [2.05, 4.69) is 5.32 Å². The van der Waals surface area contributed by atoms with Crippen molar-refractivity contribution in [1.82, 2.24) is 4.90 Å². The Hall–Kier alpha value is -2.03. The number of benzene rings is 1. The number of rotatable bonds is 2. The largest absolute Gasteiger partial charge is 0.383 e. The van der Waals surface area contributed by atoms with Crippen molar-refractivity contribution in [1.29, 1.82) is 0 Å². The van der Waals surface area contributed by atoms with Crippen molar-refractivity contribution >= 4 is 11.5 Å². The second kappa shape index (κ2) is 4.45. The molecule has 0 aliphatic carbocycles. The maximum absolute atomic E-state index is 12.0. The Balaban J connectivity index is 2.29. The molecule has 3 heteroatoms. The van der Waals surface area contributed by atoms with Crippen LogP contribution in [0.5, 0.6) is 0 Å². The lowest BCUT2D eigenvalue weighted by Crippen LogP contribution is -2.04. The quantitative estimate of drug-likeness (QED) is 0.790. The summed E-state index contributed by atoms with van der Waals surface area (Å²) in [5.41, 5.74) is 3.32. The van der Waals surface area contributed by atoms with E-state index in [0.717, 1.165) is 16.8 Å². The van der Waals surface area contributed by atoms with Crippen LogP contribution in [-0.4, -0.2) is 24.8 Å². The second-order valence-corrected chi connectivity index (χ2v) is 4.39. The van der Waals surface area contributed by atoms with Crippen molar-refractivity contribution in [3.05, 3.63) is 53.4 Å². The van der Waals surface area contributed by atoms with Gasteiger partial charge >= 0.3 is 0 Å². The fourth-order valence-electron chi connectivity index (χ4n) is 1.91. The Kier molecular flexibility index (Phi) is 3.00. The van der Waals surface area contributed by atoms with Crippen molar-refractivity contribution < 1.29 is 4.79 Å². The summed E-state index contributed by atoms with van der Waals surface area (Å²) in [5.74, 6) is 0.0621. The third-order valence-electron chi connectivity index (χ3n) is 2.52. The van der Waals surface area contributed by atoms with Crippen LogP contribution in [0.25, 0.3) is 0 Å². The minimum absolute atomic E-state index is 0.0621. The molecule has 1 aliphatic rings. The molecule has 0 amide bonds. The van der Waals surface area contributed by atoms with Crippen LogP contribution in [0.3, 0.4) is 0 Å². The number of nitrogens with zero attached hydrogens (tertiary/aromatic N) is 1. The number of anilines is 1. The molecule has 17 heavy (non-hydrogen) atoms. The van der Waals surface area contributed by atoms with E-state index in [1.807, 2.05) is 62.5 Å². The van der Waals surface area contributed by atoms with Gasteiger partial charge < -0.3 is 10.2 Å². The Labute approximate surface area is 101 Å². The topological polar surface area (TPSA) is 32.3 Å². The third-order valence-corrected chi connectivity index (χ3v) is 2.52. The summed E-state index contributed by atoms with van der Waals surface area (Å²) in [5, 5.41) is 3.14. The molecule has 2 rings (SSSR count). The highest BCUT2D eigenvalue weighted by molar-refractivity contribution is 6.18. The van der Waals surface area contributed by atoms with E-state index in [-0.39, 0.29) is 5.78 Å². The highest BCUT2D eigenvalue weighted by atomic mass is 16.1. The minimum atomic E-state index is 0.0621. The number of para-hydroxylation sites is 1. The van der Waals surface area contributed by atoms with Crippen molar-refractivity contribution in [2.45, 2.75) is 6.92 Å². The summed E-state index contributed by atoms with van der Waals surface area (Å²) in [6, 6.07) is 7.56. The first kappa shape index (κ1) is 11.5. The molecule has 0 spiro atoms. The molecule has 0 radical (unpaired) electrons. The molecule has 0 saturated carbocycles. The molecule has 0 saturated heterocycles. The van der Waals surface area contributed by atoms with E-state index in [0.29, 0.717) is 5.70 Å². The molecule has 1 N–H and O–H groups in total. The SMILES string of the molecule is CC(=CN(C)C)/C=C1\Nc2ccccc2C1=O. The van der Waals surface area contributed by atoms with Crippen molar-refractivity contribution in [2.75, 3.05) is 19.4 Å². The molecule has 0 atom stereocenters. The van der Waals surface area contributed by atoms with E-state index in [1.165, 1.54) is 0 Å². The minimum Gasteiger partial charge on any atom is -0.383 e. The molecule has 3 nitrogen and oxygen atoms in total. The van der Waals surface area contributed by atoms with Crippen LogP contribution in [0.15, 0.2) is 47.8 Å². The van der Waals surface area contributed by atoms with Crippen LogP contribution < -0.4 is 5.32 Å². The lowest BCUT2D eigenvalue weighted by Gasteiger charge is -2.06. The molecule has 0 unspecified atom stereocenters. The number of carbonyl (C=O) groups excluding carboxylic acids is 1. The molecule has 0 fully saturated rings. The van der Waals surface area contributed by atoms with Gasteiger partial charge in [-0.3, -0.25) is 4.79 Å². The first-order valence-electron chi connectivity index (χ1n) is 5.55. The first-order chi connectivity index (χ1) is 8.08. The average Bonchev–Trinajstić information content (AvgIpc) is 2.55. The molecule has 1 aromatic rings. The number of allylic oxidation sites excluding steroid dienone is 3. The smallest absolute Gasteiger partial charge is 0.211 e. The molecule has 0 bridgehead atoms. The summed E-state index contributed by atoms with van der Waals surface area (Å²) in [6.07, 6.45) is 3.85. The highest BCUT2D eigenvalue weighted by Crippen LogP contribution is 2.27.